The summed E-state index contributed by atoms with van der Waals surface area (Å²) in [5, 5.41) is 8.98. The smallest absolute Gasteiger partial charge is 0.215 e. The molecule has 1 saturated heterocycles. The van der Waals surface area contributed by atoms with E-state index in [9.17, 15) is 4.79 Å². The van der Waals surface area contributed by atoms with Crippen molar-refractivity contribution in [3.05, 3.63) is 23.4 Å². The lowest BCUT2D eigenvalue weighted by atomic mass is 10.0. The van der Waals surface area contributed by atoms with Crippen LogP contribution in [0.1, 0.15) is 26.7 Å². The third-order valence-corrected chi connectivity index (χ3v) is 4.26. The van der Waals surface area contributed by atoms with Crippen LogP contribution in [0.3, 0.4) is 0 Å². The van der Waals surface area contributed by atoms with Gasteiger partial charge < -0.3 is 4.90 Å². The van der Waals surface area contributed by atoms with Crippen LogP contribution < -0.4 is 0 Å². The van der Waals surface area contributed by atoms with E-state index in [-0.39, 0.29) is 9.86 Å². The van der Waals surface area contributed by atoms with Crippen LogP contribution >= 0.6 is 11.8 Å². The monoisotopic (exact) mass is 248 g/mol. The van der Waals surface area contributed by atoms with Crippen LogP contribution in [0, 0.1) is 11.3 Å². The number of allylic oxidation sites excluding steroid dienone is 1. The first-order chi connectivity index (χ1) is 8.05. The molecule has 0 aromatic carbocycles. The standard InChI is InChI=1S/C13H16N2OS/c1-10(9-14)8-13(2)11(7-12(16)17-13)15-5-3-4-6-15/h7-8H,3-6H2,1-2H3/b10-8+. The van der Waals surface area contributed by atoms with Gasteiger partial charge in [0, 0.05) is 30.4 Å². The van der Waals surface area contributed by atoms with E-state index in [2.05, 4.69) is 11.0 Å². The van der Waals surface area contributed by atoms with Gasteiger partial charge in [0.1, 0.15) is 0 Å². The number of rotatable bonds is 2. The highest BCUT2D eigenvalue weighted by atomic mass is 32.2. The van der Waals surface area contributed by atoms with E-state index in [0.717, 1.165) is 18.8 Å². The normalized spacial score (nSPS) is 29.5. The summed E-state index contributed by atoms with van der Waals surface area (Å²) in [4.78, 5) is 13.9. The molecular formula is C13H16N2OS. The van der Waals surface area contributed by atoms with E-state index >= 15 is 0 Å². The van der Waals surface area contributed by atoms with Gasteiger partial charge in [-0.05, 0) is 32.8 Å². The largest absolute Gasteiger partial charge is 0.373 e. The van der Waals surface area contributed by atoms with Crippen molar-refractivity contribution in [1.82, 2.24) is 4.90 Å². The summed E-state index contributed by atoms with van der Waals surface area (Å²) in [6.07, 6.45) is 6.02. The topological polar surface area (TPSA) is 44.1 Å². The second-order valence-electron chi connectivity index (χ2n) is 4.69. The van der Waals surface area contributed by atoms with E-state index in [1.54, 1.807) is 13.0 Å². The maximum atomic E-state index is 11.6. The van der Waals surface area contributed by atoms with E-state index in [0.29, 0.717) is 5.57 Å². The Morgan fingerprint density at radius 2 is 2.24 bits per heavy atom. The number of carbonyl (C=O) groups is 1. The molecule has 1 unspecified atom stereocenters. The molecule has 2 heterocycles. The van der Waals surface area contributed by atoms with Crippen molar-refractivity contribution in [3.8, 4) is 6.07 Å². The fourth-order valence-electron chi connectivity index (χ4n) is 2.46. The van der Waals surface area contributed by atoms with Crippen molar-refractivity contribution < 1.29 is 4.79 Å². The Balaban J connectivity index is 2.31. The SMILES string of the molecule is C/C(C#N)=C\C1(C)SC(=O)C=C1N1CCCC1. The minimum atomic E-state index is -0.360. The summed E-state index contributed by atoms with van der Waals surface area (Å²) in [6.45, 7) is 5.85. The van der Waals surface area contributed by atoms with Crippen molar-refractivity contribution in [2.75, 3.05) is 13.1 Å². The lowest BCUT2D eigenvalue weighted by Gasteiger charge is -2.30. The Bertz CT molecular complexity index is 441. The molecule has 0 aromatic rings. The Morgan fingerprint density at radius 1 is 1.59 bits per heavy atom. The summed E-state index contributed by atoms with van der Waals surface area (Å²) in [5.74, 6) is 0. The van der Waals surface area contributed by atoms with Crippen molar-refractivity contribution in [2.24, 2.45) is 0 Å². The van der Waals surface area contributed by atoms with Crippen LogP contribution in [0.5, 0.6) is 0 Å². The number of hydrogen-bond acceptors (Lipinski definition) is 4. The quantitative estimate of drug-likeness (QED) is 0.704. The molecule has 0 amide bonds. The van der Waals surface area contributed by atoms with Gasteiger partial charge in [-0.15, -0.1) is 0 Å². The molecule has 1 atom stereocenters. The number of likely N-dealkylation sites (tertiary alicyclic amines) is 1. The van der Waals surface area contributed by atoms with Crippen molar-refractivity contribution in [1.29, 1.82) is 5.26 Å². The van der Waals surface area contributed by atoms with Gasteiger partial charge in [0.25, 0.3) is 0 Å². The van der Waals surface area contributed by atoms with Gasteiger partial charge in [0.05, 0.1) is 10.8 Å². The van der Waals surface area contributed by atoms with Gasteiger partial charge in [-0.2, -0.15) is 5.26 Å². The zero-order valence-corrected chi connectivity index (χ0v) is 11.0. The average molecular weight is 248 g/mol. The van der Waals surface area contributed by atoms with Gasteiger partial charge >= 0.3 is 0 Å². The van der Waals surface area contributed by atoms with E-state index in [1.165, 1.54) is 24.6 Å². The zero-order chi connectivity index (χ0) is 12.5. The number of nitrogens with zero attached hydrogens (tertiary/aromatic N) is 2. The first-order valence-corrected chi connectivity index (χ1v) is 6.66. The summed E-state index contributed by atoms with van der Waals surface area (Å²) in [7, 11) is 0. The highest BCUT2D eigenvalue weighted by Crippen LogP contribution is 2.43. The van der Waals surface area contributed by atoms with Crippen molar-refractivity contribution >= 4 is 16.9 Å². The Hall–Kier alpha value is -1.21. The molecule has 90 valence electrons. The van der Waals surface area contributed by atoms with E-state index < -0.39 is 0 Å². The summed E-state index contributed by atoms with van der Waals surface area (Å²) in [5.41, 5.74) is 1.74. The van der Waals surface area contributed by atoms with Gasteiger partial charge in [-0.3, -0.25) is 4.79 Å². The third-order valence-electron chi connectivity index (χ3n) is 3.19. The van der Waals surface area contributed by atoms with Crippen LogP contribution in [0.25, 0.3) is 0 Å². The minimum Gasteiger partial charge on any atom is -0.373 e. The number of thioether (sulfide) groups is 1. The fourth-order valence-corrected chi connectivity index (χ4v) is 3.57. The molecule has 2 rings (SSSR count). The van der Waals surface area contributed by atoms with Crippen molar-refractivity contribution in [3.63, 3.8) is 0 Å². The molecule has 0 N–H and O–H groups in total. The van der Waals surface area contributed by atoms with Gasteiger partial charge in [-0.25, -0.2) is 0 Å². The molecular weight excluding hydrogens is 232 g/mol. The summed E-state index contributed by atoms with van der Waals surface area (Å²) >= 11 is 1.31. The van der Waals surface area contributed by atoms with Gasteiger partial charge in [0.15, 0.2) is 0 Å². The van der Waals surface area contributed by atoms with Gasteiger partial charge in [0.2, 0.25) is 5.12 Å². The molecule has 2 aliphatic heterocycles. The maximum absolute atomic E-state index is 11.6. The molecule has 2 aliphatic rings. The third kappa shape index (κ3) is 2.39. The molecule has 4 heteroatoms. The average Bonchev–Trinajstić information content (AvgIpc) is 2.85. The molecule has 0 radical (unpaired) electrons. The lowest BCUT2D eigenvalue weighted by Crippen LogP contribution is -2.31. The van der Waals surface area contributed by atoms with Gasteiger partial charge in [-0.1, -0.05) is 11.8 Å². The minimum absolute atomic E-state index is 0.0939. The Labute approximate surface area is 106 Å². The van der Waals surface area contributed by atoms with Crippen LogP contribution in [0.15, 0.2) is 23.4 Å². The molecule has 3 nitrogen and oxygen atoms in total. The molecule has 1 fully saturated rings. The zero-order valence-electron chi connectivity index (χ0n) is 10.2. The maximum Gasteiger partial charge on any atom is 0.215 e. The molecule has 0 saturated carbocycles. The second kappa shape index (κ2) is 4.58. The van der Waals surface area contributed by atoms with Crippen LogP contribution in [0.4, 0.5) is 0 Å². The predicted octanol–water partition coefficient (Wildman–Crippen LogP) is 2.47. The molecule has 0 aliphatic carbocycles. The second-order valence-corrected chi connectivity index (χ2v) is 6.15. The van der Waals surface area contributed by atoms with Crippen LogP contribution in [-0.4, -0.2) is 27.9 Å². The van der Waals surface area contributed by atoms with E-state index in [1.807, 2.05) is 13.0 Å². The molecule has 17 heavy (non-hydrogen) atoms. The van der Waals surface area contributed by atoms with Crippen LogP contribution in [-0.2, 0) is 4.79 Å². The van der Waals surface area contributed by atoms with E-state index in [4.69, 9.17) is 5.26 Å². The summed E-state index contributed by atoms with van der Waals surface area (Å²) in [6, 6.07) is 2.13. The number of nitriles is 1. The van der Waals surface area contributed by atoms with Crippen molar-refractivity contribution in [2.45, 2.75) is 31.4 Å². The highest BCUT2D eigenvalue weighted by Gasteiger charge is 2.39. The Morgan fingerprint density at radius 3 is 2.82 bits per heavy atom. The molecule has 0 spiro atoms. The Kier molecular flexibility index (Phi) is 3.30. The lowest BCUT2D eigenvalue weighted by molar-refractivity contribution is -0.106. The number of hydrogen-bond donors (Lipinski definition) is 0. The van der Waals surface area contributed by atoms with Crippen LogP contribution in [0.2, 0.25) is 0 Å². The molecule has 0 bridgehead atoms. The fraction of sp³-hybridized carbons (Fsp3) is 0.538. The molecule has 0 aromatic heterocycles. The first kappa shape index (κ1) is 12.3. The first-order valence-electron chi connectivity index (χ1n) is 5.85. The summed E-state index contributed by atoms with van der Waals surface area (Å²) < 4.78 is -0.360. The number of carbonyl (C=O) groups excluding carboxylic acids is 1. The highest BCUT2D eigenvalue weighted by molar-refractivity contribution is 8.15. The predicted molar refractivity (Wildman–Crippen MR) is 69.3 cm³/mol.